The molecule has 0 fully saturated rings. The van der Waals surface area contributed by atoms with E-state index in [9.17, 15) is 0 Å². The number of nitrogens with zero attached hydrogens (tertiary/aromatic N) is 2. The molecule has 180 valence electrons. The van der Waals surface area contributed by atoms with Crippen molar-refractivity contribution in [2.75, 3.05) is 18.7 Å². The molecule has 0 amide bonds. The van der Waals surface area contributed by atoms with Crippen molar-refractivity contribution in [1.82, 2.24) is 10.2 Å². The fourth-order valence-corrected chi connectivity index (χ4v) is 3.95. The molecule has 0 N–H and O–H groups in total. The number of thioether (sulfide) groups is 1. The van der Waals surface area contributed by atoms with E-state index in [2.05, 4.69) is 24.0 Å². The molecule has 0 aliphatic carbocycles. The minimum absolute atomic E-state index is 0.215. The van der Waals surface area contributed by atoms with Crippen LogP contribution in [-0.4, -0.2) is 28.9 Å². The third kappa shape index (κ3) is 7.44. The van der Waals surface area contributed by atoms with Gasteiger partial charge in [0.15, 0.2) is 12.4 Å². The third-order valence-electron chi connectivity index (χ3n) is 4.81. The summed E-state index contributed by atoms with van der Waals surface area (Å²) in [5.41, 5.74) is 1.74. The van der Waals surface area contributed by atoms with Crippen LogP contribution in [0.1, 0.15) is 51.1 Å². The molecular formula is C24H29Cl3N2O3S. The Labute approximate surface area is 215 Å². The maximum Gasteiger partial charge on any atom is 0.276 e. The van der Waals surface area contributed by atoms with Crippen LogP contribution < -0.4 is 9.47 Å². The largest absolute Gasteiger partial charge is 0.490 e. The number of aromatic nitrogens is 2. The lowest BCUT2D eigenvalue weighted by atomic mass is 9.78. The fourth-order valence-electron chi connectivity index (χ4n) is 2.95. The number of alkyl halides is 1. The van der Waals surface area contributed by atoms with Crippen LogP contribution in [0.25, 0.3) is 0 Å². The van der Waals surface area contributed by atoms with Gasteiger partial charge in [-0.3, -0.25) is 0 Å². The summed E-state index contributed by atoms with van der Waals surface area (Å²) in [7, 11) is 0. The highest BCUT2D eigenvalue weighted by Gasteiger charge is 2.25. The highest BCUT2D eigenvalue weighted by atomic mass is 35.5. The van der Waals surface area contributed by atoms with Gasteiger partial charge in [0.25, 0.3) is 11.1 Å². The summed E-state index contributed by atoms with van der Waals surface area (Å²) in [6, 6.07) is 11.7. The van der Waals surface area contributed by atoms with Crippen LogP contribution in [0.4, 0.5) is 0 Å². The predicted octanol–water partition coefficient (Wildman–Crippen LogP) is 8.04. The molecule has 9 heteroatoms. The molecule has 0 atom stereocenters. The van der Waals surface area contributed by atoms with Crippen molar-refractivity contribution >= 4 is 46.6 Å². The quantitative estimate of drug-likeness (QED) is 0.150. The molecule has 0 aliphatic rings. The molecule has 3 aromatic rings. The summed E-state index contributed by atoms with van der Waals surface area (Å²) in [6.45, 7) is 8.91. The van der Waals surface area contributed by atoms with Gasteiger partial charge in [0.05, 0.1) is 16.7 Å². The second kappa shape index (κ2) is 13.3. The normalized spacial score (nSPS) is 11.0. The first kappa shape index (κ1) is 27.6. The van der Waals surface area contributed by atoms with Crippen LogP contribution in [0.15, 0.2) is 46.0 Å². The van der Waals surface area contributed by atoms with Gasteiger partial charge in [-0.25, -0.2) is 0 Å². The van der Waals surface area contributed by atoms with Gasteiger partial charge in [0.1, 0.15) is 5.75 Å². The van der Waals surface area contributed by atoms with E-state index < -0.39 is 0 Å². The van der Waals surface area contributed by atoms with E-state index in [4.69, 9.17) is 48.7 Å². The number of ether oxygens (including phenoxy) is 2. The fraction of sp³-hybridized carbons (Fsp3) is 0.417. The van der Waals surface area contributed by atoms with Gasteiger partial charge in [-0.05, 0) is 48.1 Å². The average molecular weight is 532 g/mol. The maximum atomic E-state index is 6.46. The van der Waals surface area contributed by atoms with Gasteiger partial charge >= 0.3 is 0 Å². The Bertz CT molecular complexity index is 987. The summed E-state index contributed by atoms with van der Waals surface area (Å²) in [5, 5.41) is 9.32. The Kier molecular flexibility index (Phi) is 11.2. The number of hydrogen-bond donors (Lipinski definition) is 0. The topological polar surface area (TPSA) is 57.4 Å². The number of halogens is 3. The van der Waals surface area contributed by atoms with E-state index in [1.54, 1.807) is 0 Å². The molecule has 1 heterocycles. The number of rotatable bonds is 10. The van der Waals surface area contributed by atoms with E-state index in [1.165, 1.54) is 11.8 Å². The Balaban J connectivity index is 0.00000187. The van der Waals surface area contributed by atoms with Crippen molar-refractivity contribution in [3.8, 4) is 11.5 Å². The second-order valence-corrected chi connectivity index (χ2v) is 9.21. The van der Waals surface area contributed by atoms with Gasteiger partial charge in [-0.2, -0.15) is 0 Å². The van der Waals surface area contributed by atoms with Gasteiger partial charge in [0.2, 0.25) is 0 Å². The Morgan fingerprint density at radius 2 is 1.61 bits per heavy atom. The van der Waals surface area contributed by atoms with Gasteiger partial charge in [-0.15, -0.1) is 21.8 Å². The summed E-state index contributed by atoms with van der Waals surface area (Å²) in [5.74, 6) is 2.16. The van der Waals surface area contributed by atoms with Crippen LogP contribution in [0.3, 0.4) is 0 Å². The van der Waals surface area contributed by atoms with Crippen molar-refractivity contribution in [1.29, 1.82) is 0 Å². The molecule has 0 bridgehead atoms. The summed E-state index contributed by atoms with van der Waals surface area (Å²) >= 11 is 20.0. The molecule has 1 aromatic heterocycles. The van der Waals surface area contributed by atoms with E-state index in [0.717, 1.165) is 17.5 Å². The highest BCUT2D eigenvalue weighted by Crippen LogP contribution is 2.40. The van der Waals surface area contributed by atoms with Crippen LogP contribution in [0.2, 0.25) is 10.0 Å². The lowest BCUT2D eigenvalue weighted by molar-refractivity contribution is 0.252. The predicted molar refractivity (Wildman–Crippen MR) is 138 cm³/mol. The number of hydrogen-bond acceptors (Lipinski definition) is 6. The second-order valence-electron chi connectivity index (χ2n) is 7.26. The smallest absolute Gasteiger partial charge is 0.276 e. The van der Waals surface area contributed by atoms with Crippen molar-refractivity contribution < 1.29 is 13.9 Å². The highest BCUT2D eigenvalue weighted by molar-refractivity contribution is 7.98. The first-order chi connectivity index (χ1) is 15.8. The van der Waals surface area contributed by atoms with Gasteiger partial charge in [-0.1, -0.05) is 74.8 Å². The lowest BCUT2D eigenvalue weighted by Crippen LogP contribution is -2.19. The van der Waals surface area contributed by atoms with Gasteiger partial charge < -0.3 is 13.9 Å². The van der Waals surface area contributed by atoms with E-state index >= 15 is 0 Å². The summed E-state index contributed by atoms with van der Waals surface area (Å²) in [6.07, 6.45) is 2.60. The molecule has 0 unspecified atom stereocenters. The van der Waals surface area contributed by atoms with E-state index in [0.29, 0.717) is 45.1 Å². The molecule has 0 radical (unpaired) electrons. The van der Waals surface area contributed by atoms with Crippen LogP contribution in [0.5, 0.6) is 11.5 Å². The van der Waals surface area contributed by atoms with Crippen LogP contribution >= 0.6 is 46.6 Å². The molecule has 3 rings (SSSR count). The zero-order valence-electron chi connectivity index (χ0n) is 19.5. The van der Waals surface area contributed by atoms with Crippen LogP contribution in [0, 0.1) is 0 Å². The Hall–Kier alpha value is -1.60. The van der Waals surface area contributed by atoms with Gasteiger partial charge in [0, 0.05) is 11.3 Å². The first-order valence-corrected chi connectivity index (χ1v) is 13.1. The maximum absolute atomic E-state index is 6.46. The minimum atomic E-state index is -0.333. The van der Waals surface area contributed by atoms with Crippen molar-refractivity contribution in [3.05, 3.63) is 63.5 Å². The molecule has 0 saturated carbocycles. The summed E-state index contributed by atoms with van der Waals surface area (Å²) in [4.78, 5) is 0. The van der Waals surface area contributed by atoms with Crippen molar-refractivity contribution in [2.45, 2.75) is 51.4 Å². The summed E-state index contributed by atoms with van der Waals surface area (Å²) < 4.78 is 16.9. The lowest BCUT2D eigenvalue weighted by Gasteiger charge is -2.27. The standard InChI is InChI=1S/C22H23Cl3N2O3S.C2H6/c1-22(2,15-11-17(24)20(18(25)12-15)28-10-4-9-23)14-5-7-16(8-6-14)29-13-19-26-27-21(30-19)31-3;1-2/h5-8,11-12H,4,9-10,13H2,1-3H3;1-2H3. The monoisotopic (exact) mass is 530 g/mol. The third-order valence-corrected chi connectivity index (χ3v) is 6.15. The molecule has 0 aliphatic heterocycles. The molecular weight excluding hydrogens is 503 g/mol. The Morgan fingerprint density at radius 3 is 2.15 bits per heavy atom. The van der Waals surface area contributed by atoms with Crippen LogP contribution in [-0.2, 0) is 12.0 Å². The average Bonchev–Trinajstić information content (AvgIpc) is 3.29. The molecule has 0 spiro atoms. The van der Waals surface area contributed by atoms with E-state index in [-0.39, 0.29) is 12.0 Å². The molecule has 5 nitrogen and oxygen atoms in total. The molecule has 2 aromatic carbocycles. The zero-order chi connectivity index (χ0) is 24.4. The first-order valence-electron chi connectivity index (χ1n) is 10.6. The Morgan fingerprint density at radius 1 is 0.970 bits per heavy atom. The van der Waals surface area contributed by atoms with Crippen molar-refractivity contribution in [3.63, 3.8) is 0 Å². The zero-order valence-corrected chi connectivity index (χ0v) is 22.5. The molecule has 0 saturated heterocycles. The van der Waals surface area contributed by atoms with E-state index in [1.807, 2.05) is 56.5 Å². The number of benzene rings is 2. The molecule has 33 heavy (non-hydrogen) atoms. The van der Waals surface area contributed by atoms with Crippen molar-refractivity contribution in [2.24, 2.45) is 0 Å². The minimum Gasteiger partial charge on any atom is -0.490 e. The SMILES string of the molecule is CC.CSc1nnc(COc2ccc(C(C)(C)c3cc(Cl)c(OCCCCl)c(Cl)c3)cc2)o1.